The van der Waals surface area contributed by atoms with Crippen LogP contribution in [0.25, 0.3) is 0 Å². The summed E-state index contributed by atoms with van der Waals surface area (Å²) in [6.07, 6.45) is 3.90. The molecule has 1 aliphatic rings. The molecule has 45 heavy (non-hydrogen) atoms. The molecule has 1 N–H and O–H groups in total. The smallest absolute Gasteiger partial charge is 0.264 e. The molecule has 8 nitrogen and oxygen atoms in total. The lowest BCUT2D eigenvalue weighted by molar-refractivity contribution is -0.139. The van der Waals surface area contributed by atoms with Crippen LogP contribution in [-0.4, -0.2) is 43.8 Å². The highest BCUT2D eigenvalue weighted by Gasteiger charge is 2.33. The van der Waals surface area contributed by atoms with Crippen LogP contribution in [0.5, 0.6) is 11.5 Å². The number of halogens is 1. The van der Waals surface area contributed by atoms with Crippen LogP contribution in [-0.2, 0) is 26.2 Å². The van der Waals surface area contributed by atoms with Gasteiger partial charge in [-0.1, -0.05) is 73.0 Å². The van der Waals surface area contributed by atoms with Crippen molar-refractivity contribution in [3.05, 3.63) is 120 Å². The molecule has 1 fully saturated rings. The summed E-state index contributed by atoms with van der Waals surface area (Å²) >= 11 is 6.09. The molecule has 0 radical (unpaired) electrons. The van der Waals surface area contributed by atoms with Gasteiger partial charge in [-0.2, -0.15) is 0 Å². The maximum Gasteiger partial charge on any atom is 0.264 e. The SMILES string of the molecule is CC(C(=O)NC1CCCC1)N(Cc1ccc(Cl)cc1)C(=O)CN(c1ccc(Oc2ccccc2)cc1)S(=O)(=O)c1ccccc1. The van der Waals surface area contributed by atoms with Gasteiger partial charge in [0.2, 0.25) is 11.8 Å². The number of hydrogen-bond donors (Lipinski definition) is 1. The second-order valence-electron chi connectivity index (χ2n) is 11.0. The molecule has 0 spiro atoms. The highest BCUT2D eigenvalue weighted by molar-refractivity contribution is 7.92. The Morgan fingerprint density at radius 3 is 2.04 bits per heavy atom. The zero-order valence-corrected chi connectivity index (χ0v) is 26.6. The van der Waals surface area contributed by atoms with Crippen molar-refractivity contribution in [3.8, 4) is 11.5 Å². The molecular formula is C35H36ClN3O5S. The van der Waals surface area contributed by atoms with Gasteiger partial charge < -0.3 is 15.0 Å². The first kappa shape index (κ1) is 32.1. The zero-order valence-electron chi connectivity index (χ0n) is 25.0. The third-order valence-corrected chi connectivity index (χ3v) is 9.89. The van der Waals surface area contributed by atoms with Crippen molar-refractivity contribution >= 4 is 39.1 Å². The summed E-state index contributed by atoms with van der Waals surface area (Å²) in [7, 11) is -4.17. The van der Waals surface area contributed by atoms with Crippen molar-refractivity contribution in [3.63, 3.8) is 0 Å². The fourth-order valence-electron chi connectivity index (χ4n) is 5.31. The summed E-state index contributed by atoms with van der Waals surface area (Å²) < 4.78 is 35.0. The molecule has 5 rings (SSSR count). The second-order valence-corrected chi connectivity index (χ2v) is 13.3. The molecule has 1 atom stereocenters. The summed E-state index contributed by atoms with van der Waals surface area (Å²) in [5.74, 6) is 0.346. The minimum Gasteiger partial charge on any atom is -0.457 e. The van der Waals surface area contributed by atoms with Crippen molar-refractivity contribution in [2.75, 3.05) is 10.8 Å². The Morgan fingerprint density at radius 2 is 1.42 bits per heavy atom. The van der Waals surface area contributed by atoms with Gasteiger partial charge in [0.1, 0.15) is 24.1 Å². The van der Waals surface area contributed by atoms with Gasteiger partial charge in [0.25, 0.3) is 10.0 Å². The normalized spacial score (nSPS) is 14.0. The van der Waals surface area contributed by atoms with Crippen LogP contribution in [0, 0.1) is 0 Å². The van der Waals surface area contributed by atoms with E-state index in [0.717, 1.165) is 35.6 Å². The van der Waals surface area contributed by atoms with Gasteiger partial charge in [-0.15, -0.1) is 0 Å². The van der Waals surface area contributed by atoms with E-state index >= 15 is 0 Å². The standard InChI is InChI=1S/C35H36ClN3O5S/c1-26(35(41)37-29-10-8-9-11-29)38(24-27-16-18-28(36)19-17-27)34(40)25-39(45(42,43)33-14-6-3-7-15-33)30-20-22-32(23-21-30)44-31-12-4-2-5-13-31/h2-7,12-23,26,29H,8-11,24-25H2,1H3,(H,37,41). The molecular weight excluding hydrogens is 610 g/mol. The Bertz CT molecular complexity index is 1680. The van der Waals surface area contributed by atoms with Crippen molar-refractivity contribution in [1.82, 2.24) is 10.2 Å². The summed E-state index contributed by atoms with van der Waals surface area (Å²) in [6, 6.07) is 29.9. The summed E-state index contributed by atoms with van der Waals surface area (Å²) in [5, 5.41) is 3.62. The van der Waals surface area contributed by atoms with Crippen LogP contribution in [0.4, 0.5) is 5.69 Å². The number of amides is 2. The van der Waals surface area contributed by atoms with Crippen LogP contribution in [0.2, 0.25) is 5.02 Å². The third-order valence-electron chi connectivity index (χ3n) is 7.85. The highest BCUT2D eigenvalue weighted by atomic mass is 35.5. The number of rotatable bonds is 12. The maximum atomic E-state index is 14.2. The van der Waals surface area contributed by atoms with E-state index in [1.54, 1.807) is 73.7 Å². The predicted molar refractivity (Wildman–Crippen MR) is 176 cm³/mol. The van der Waals surface area contributed by atoms with E-state index in [-0.39, 0.29) is 29.1 Å². The van der Waals surface area contributed by atoms with Crippen LogP contribution in [0.3, 0.4) is 0 Å². The number of nitrogens with one attached hydrogen (secondary N) is 1. The van der Waals surface area contributed by atoms with Crippen LogP contribution < -0.4 is 14.4 Å². The van der Waals surface area contributed by atoms with Crippen LogP contribution in [0.1, 0.15) is 38.2 Å². The second kappa shape index (κ2) is 14.6. The minimum atomic E-state index is -4.17. The molecule has 2 amide bonds. The van der Waals surface area contributed by atoms with Gasteiger partial charge in [-0.25, -0.2) is 8.42 Å². The fourth-order valence-corrected chi connectivity index (χ4v) is 6.88. The van der Waals surface area contributed by atoms with Crippen molar-refractivity contribution in [2.24, 2.45) is 0 Å². The van der Waals surface area contributed by atoms with E-state index in [4.69, 9.17) is 16.3 Å². The Hall–Kier alpha value is -4.34. The van der Waals surface area contributed by atoms with Crippen LogP contribution in [0.15, 0.2) is 114 Å². The molecule has 0 heterocycles. The molecule has 4 aromatic carbocycles. The van der Waals surface area contributed by atoms with E-state index in [0.29, 0.717) is 16.5 Å². The number of sulfonamides is 1. The van der Waals surface area contributed by atoms with Crippen LogP contribution >= 0.6 is 11.6 Å². The number of hydrogen-bond acceptors (Lipinski definition) is 5. The number of anilines is 1. The zero-order chi connectivity index (χ0) is 31.8. The number of carbonyl (C=O) groups is 2. The number of benzene rings is 4. The molecule has 234 valence electrons. The molecule has 1 saturated carbocycles. The Labute approximate surface area is 269 Å². The minimum absolute atomic E-state index is 0.0405. The first-order chi connectivity index (χ1) is 21.7. The van der Waals surface area contributed by atoms with Gasteiger partial charge in [0.15, 0.2) is 0 Å². The molecule has 1 unspecified atom stereocenters. The molecule has 0 aliphatic heterocycles. The fraction of sp³-hybridized carbons (Fsp3) is 0.257. The lowest BCUT2D eigenvalue weighted by atomic mass is 10.1. The van der Waals surface area contributed by atoms with Gasteiger partial charge in [0.05, 0.1) is 10.6 Å². The largest absolute Gasteiger partial charge is 0.457 e. The predicted octanol–water partition coefficient (Wildman–Crippen LogP) is 6.80. The average molecular weight is 646 g/mol. The van der Waals surface area contributed by atoms with E-state index < -0.39 is 28.5 Å². The first-order valence-electron chi connectivity index (χ1n) is 15.0. The number of nitrogens with zero attached hydrogens (tertiary/aromatic N) is 2. The average Bonchev–Trinajstić information content (AvgIpc) is 3.57. The lowest BCUT2D eigenvalue weighted by Crippen LogP contribution is -2.52. The Morgan fingerprint density at radius 1 is 0.844 bits per heavy atom. The number of carbonyl (C=O) groups excluding carboxylic acids is 2. The number of para-hydroxylation sites is 1. The third kappa shape index (κ3) is 8.23. The topological polar surface area (TPSA) is 96.0 Å². The molecule has 4 aromatic rings. The molecule has 1 aliphatic carbocycles. The quantitative estimate of drug-likeness (QED) is 0.183. The highest BCUT2D eigenvalue weighted by Crippen LogP contribution is 2.29. The number of ether oxygens (including phenoxy) is 1. The van der Waals surface area contributed by atoms with Gasteiger partial charge >= 0.3 is 0 Å². The monoisotopic (exact) mass is 645 g/mol. The molecule has 0 aromatic heterocycles. The van der Waals surface area contributed by atoms with Crippen molar-refractivity contribution < 1.29 is 22.7 Å². The summed E-state index contributed by atoms with van der Waals surface area (Å²) in [6.45, 7) is 1.24. The van der Waals surface area contributed by atoms with E-state index in [1.807, 2.05) is 30.3 Å². The maximum absolute atomic E-state index is 14.2. The van der Waals surface area contributed by atoms with Crippen molar-refractivity contribution in [2.45, 2.75) is 56.1 Å². The summed E-state index contributed by atoms with van der Waals surface area (Å²) in [5.41, 5.74) is 1.04. The van der Waals surface area contributed by atoms with E-state index in [9.17, 15) is 18.0 Å². The van der Waals surface area contributed by atoms with E-state index in [1.165, 1.54) is 17.0 Å². The van der Waals surface area contributed by atoms with Gasteiger partial charge in [0, 0.05) is 17.6 Å². The molecule has 10 heteroatoms. The first-order valence-corrected chi connectivity index (χ1v) is 16.8. The molecule has 0 bridgehead atoms. The van der Waals surface area contributed by atoms with Gasteiger partial charge in [-0.05, 0) is 86.0 Å². The van der Waals surface area contributed by atoms with E-state index in [2.05, 4.69) is 5.32 Å². The van der Waals surface area contributed by atoms with Crippen molar-refractivity contribution in [1.29, 1.82) is 0 Å². The van der Waals surface area contributed by atoms with Gasteiger partial charge in [-0.3, -0.25) is 13.9 Å². The lowest BCUT2D eigenvalue weighted by Gasteiger charge is -2.32. The Kier molecular flexibility index (Phi) is 10.4. The molecule has 0 saturated heterocycles. The Balaban J connectivity index is 1.45. The summed E-state index contributed by atoms with van der Waals surface area (Å²) in [4.78, 5) is 29.0.